The Morgan fingerprint density at radius 1 is 1.55 bits per heavy atom. The highest BCUT2D eigenvalue weighted by Gasteiger charge is 2.24. The number of rotatable bonds is 2. The second-order valence-electron chi connectivity index (χ2n) is 3.20. The molecule has 0 amide bonds. The number of aromatic nitrogens is 2. The molecule has 0 saturated heterocycles. The third-order valence-electron chi connectivity index (χ3n) is 1.90. The Morgan fingerprint density at radius 2 is 2.18 bits per heavy atom. The van der Waals surface area contributed by atoms with Crippen molar-refractivity contribution in [1.82, 2.24) is 10.1 Å². The van der Waals surface area contributed by atoms with Gasteiger partial charge >= 0.3 is 0 Å². The number of nitrogen functional groups attached to an aromatic ring is 1. The monoisotopic (exact) mass is 155 g/mol. The van der Waals surface area contributed by atoms with Gasteiger partial charge in [-0.05, 0) is 11.6 Å². The Hall–Kier alpha value is -1.06. The molecule has 0 fully saturated rings. The molecule has 0 spiro atoms. The van der Waals surface area contributed by atoms with Gasteiger partial charge in [0.15, 0.2) is 0 Å². The second-order valence-corrected chi connectivity index (χ2v) is 3.20. The summed E-state index contributed by atoms with van der Waals surface area (Å²) in [4.78, 5) is 3.95. The first kappa shape index (κ1) is 8.04. The normalized spacial score (nSPS) is 11.9. The summed E-state index contributed by atoms with van der Waals surface area (Å²) in [5, 5.41) is 3.52. The van der Waals surface area contributed by atoms with E-state index in [1.807, 2.05) is 13.8 Å². The van der Waals surface area contributed by atoms with E-state index in [2.05, 4.69) is 17.1 Å². The van der Waals surface area contributed by atoms with Gasteiger partial charge < -0.3 is 10.3 Å². The smallest absolute Gasteiger partial charge is 0.260 e. The molecule has 0 unspecified atom stereocenters. The predicted octanol–water partition coefficient (Wildman–Crippen LogP) is 1.34. The number of hydrogen-bond donors (Lipinski definition) is 1. The lowest BCUT2D eigenvalue weighted by molar-refractivity contribution is 0.302. The lowest BCUT2D eigenvalue weighted by atomic mass is 9.90. The number of hydrogen-bond acceptors (Lipinski definition) is 4. The van der Waals surface area contributed by atoms with Gasteiger partial charge in [0.05, 0.1) is 0 Å². The molecule has 0 aliphatic carbocycles. The fraction of sp³-hybridized carbons (Fsp3) is 0.714. The topological polar surface area (TPSA) is 64.9 Å². The van der Waals surface area contributed by atoms with Crippen LogP contribution in [-0.4, -0.2) is 10.1 Å². The Balaban J connectivity index is 2.92. The van der Waals surface area contributed by atoms with Crippen LogP contribution in [0.2, 0.25) is 0 Å². The van der Waals surface area contributed by atoms with Crippen molar-refractivity contribution in [3.05, 3.63) is 5.89 Å². The van der Waals surface area contributed by atoms with Gasteiger partial charge in [-0.2, -0.15) is 4.98 Å². The highest BCUT2D eigenvalue weighted by molar-refractivity contribution is 5.13. The van der Waals surface area contributed by atoms with E-state index in [-0.39, 0.29) is 11.4 Å². The molecule has 1 aromatic heterocycles. The minimum Gasteiger partial charge on any atom is -0.365 e. The van der Waals surface area contributed by atoms with Gasteiger partial charge in [-0.25, -0.2) is 0 Å². The highest BCUT2D eigenvalue weighted by atomic mass is 16.5. The number of anilines is 1. The standard InChI is InChI=1S/C7H13N3O/c1-4-7(2,3)5-9-6(8)10-11-5/h4H2,1-3H3,(H2,8,10). The lowest BCUT2D eigenvalue weighted by Gasteiger charge is -2.15. The zero-order valence-electron chi connectivity index (χ0n) is 7.09. The van der Waals surface area contributed by atoms with Crippen LogP contribution in [0.25, 0.3) is 0 Å². The maximum Gasteiger partial charge on any atom is 0.260 e. The molecule has 0 saturated carbocycles. The molecule has 4 heteroatoms. The van der Waals surface area contributed by atoms with Gasteiger partial charge in [-0.3, -0.25) is 0 Å². The second kappa shape index (κ2) is 2.53. The molecule has 0 atom stereocenters. The molecule has 0 aliphatic rings. The third-order valence-corrected chi connectivity index (χ3v) is 1.90. The van der Waals surface area contributed by atoms with Crippen molar-refractivity contribution in [3.8, 4) is 0 Å². The van der Waals surface area contributed by atoms with Crippen LogP contribution in [0.5, 0.6) is 0 Å². The molecule has 62 valence electrons. The summed E-state index contributed by atoms with van der Waals surface area (Å²) >= 11 is 0. The molecule has 4 nitrogen and oxygen atoms in total. The van der Waals surface area contributed by atoms with E-state index in [1.54, 1.807) is 0 Å². The van der Waals surface area contributed by atoms with E-state index in [9.17, 15) is 0 Å². The van der Waals surface area contributed by atoms with Crippen molar-refractivity contribution in [2.75, 3.05) is 5.73 Å². The van der Waals surface area contributed by atoms with Crippen molar-refractivity contribution in [3.63, 3.8) is 0 Å². The van der Waals surface area contributed by atoms with Gasteiger partial charge in [0.25, 0.3) is 5.95 Å². The average molecular weight is 155 g/mol. The Morgan fingerprint density at radius 3 is 2.55 bits per heavy atom. The third kappa shape index (κ3) is 1.50. The molecule has 11 heavy (non-hydrogen) atoms. The van der Waals surface area contributed by atoms with Crippen molar-refractivity contribution >= 4 is 5.95 Å². The lowest BCUT2D eigenvalue weighted by Crippen LogP contribution is -2.15. The van der Waals surface area contributed by atoms with E-state index in [4.69, 9.17) is 10.3 Å². The van der Waals surface area contributed by atoms with Crippen LogP contribution in [0.3, 0.4) is 0 Å². The SMILES string of the molecule is CCC(C)(C)c1nc(N)no1. The van der Waals surface area contributed by atoms with E-state index in [0.717, 1.165) is 6.42 Å². The molecule has 0 aliphatic heterocycles. The predicted molar refractivity (Wildman–Crippen MR) is 42.0 cm³/mol. The fourth-order valence-electron chi connectivity index (χ4n) is 0.661. The highest BCUT2D eigenvalue weighted by Crippen LogP contribution is 2.24. The summed E-state index contributed by atoms with van der Waals surface area (Å²) < 4.78 is 4.93. The maximum absolute atomic E-state index is 5.31. The fourth-order valence-corrected chi connectivity index (χ4v) is 0.661. The molecular weight excluding hydrogens is 142 g/mol. The van der Waals surface area contributed by atoms with E-state index >= 15 is 0 Å². The van der Waals surface area contributed by atoms with Crippen LogP contribution in [-0.2, 0) is 5.41 Å². The van der Waals surface area contributed by atoms with Crippen LogP contribution in [0.15, 0.2) is 4.52 Å². The average Bonchev–Trinajstić information content (AvgIpc) is 2.36. The Labute approximate surface area is 65.8 Å². The Kier molecular flexibility index (Phi) is 1.85. The molecule has 0 bridgehead atoms. The molecule has 1 aromatic rings. The first-order valence-corrected chi connectivity index (χ1v) is 3.66. The first-order valence-electron chi connectivity index (χ1n) is 3.66. The number of nitrogens with zero attached hydrogens (tertiary/aromatic N) is 2. The minimum absolute atomic E-state index is 0.0649. The zero-order chi connectivity index (χ0) is 8.48. The zero-order valence-corrected chi connectivity index (χ0v) is 7.09. The molecule has 0 radical (unpaired) electrons. The molecule has 1 heterocycles. The molecular formula is C7H13N3O. The molecule has 1 rings (SSSR count). The van der Waals surface area contributed by atoms with Gasteiger partial charge in [0.2, 0.25) is 5.89 Å². The molecule has 2 N–H and O–H groups in total. The number of nitrogens with two attached hydrogens (primary N) is 1. The van der Waals surface area contributed by atoms with Crippen molar-refractivity contribution in [1.29, 1.82) is 0 Å². The van der Waals surface area contributed by atoms with Crippen LogP contribution in [0, 0.1) is 0 Å². The summed E-state index contributed by atoms with van der Waals surface area (Å²) in [5.41, 5.74) is 5.25. The van der Waals surface area contributed by atoms with Crippen molar-refractivity contribution in [2.24, 2.45) is 0 Å². The van der Waals surface area contributed by atoms with Gasteiger partial charge in [0.1, 0.15) is 0 Å². The summed E-state index contributed by atoms with van der Waals surface area (Å²) in [6.45, 7) is 6.15. The molecule has 0 aromatic carbocycles. The largest absolute Gasteiger partial charge is 0.365 e. The van der Waals surface area contributed by atoms with E-state index < -0.39 is 0 Å². The van der Waals surface area contributed by atoms with Crippen LogP contribution in [0.4, 0.5) is 5.95 Å². The maximum atomic E-state index is 5.31. The van der Waals surface area contributed by atoms with Gasteiger partial charge in [-0.1, -0.05) is 20.8 Å². The van der Waals surface area contributed by atoms with Crippen molar-refractivity contribution in [2.45, 2.75) is 32.6 Å². The van der Waals surface area contributed by atoms with Gasteiger partial charge in [-0.15, -0.1) is 0 Å². The summed E-state index contributed by atoms with van der Waals surface area (Å²) in [6.07, 6.45) is 0.953. The quantitative estimate of drug-likeness (QED) is 0.699. The van der Waals surface area contributed by atoms with Gasteiger partial charge in [0, 0.05) is 5.41 Å². The summed E-state index contributed by atoms with van der Waals surface area (Å²) in [6, 6.07) is 0. The summed E-state index contributed by atoms with van der Waals surface area (Å²) in [7, 11) is 0. The first-order chi connectivity index (χ1) is 5.06. The Bertz CT molecular complexity index is 242. The van der Waals surface area contributed by atoms with E-state index in [0.29, 0.717) is 5.89 Å². The van der Waals surface area contributed by atoms with E-state index in [1.165, 1.54) is 0 Å². The van der Waals surface area contributed by atoms with Crippen LogP contribution >= 0.6 is 0 Å². The van der Waals surface area contributed by atoms with Crippen LogP contribution < -0.4 is 5.73 Å². The van der Waals surface area contributed by atoms with Crippen LogP contribution in [0.1, 0.15) is 33.1 Å². The van der Waals surface area contributed by atoms with Crippen molar-refractivity contribution < 1.29 is 4.52 Å². The minimum atomic E-state index is -0.0649. The summed E-state index contributed by atoms with van der Waals surface area (Å²) in [5.74, 6) is 0.819.